The molecule has 0 saturated heterocycles. The molecule has 1 unspecified atom stereocenters. The van der Waals surface area contributed by atoms with Crippen LogP contribution in [-0.2, 0) is 9.63 Å². The summed E-state index contributed by atoms with van der Waals surface area (Å²) in [5, 5.41) is 15.9. The van der Waals surface area contributed by atoms with Crippen LogP contribution in [-0.4, -0.2) is 35.8 Å². The van der Waals surface area contributed by atoms with Crippen LogP contribution in [0.25, 0.3) is 0 Å². The summed E-state index contributed by atoms with van der Waals surface area (Å²) in [5.41, 5.74) is 0.578. The molecular weight excluding hydrogens is 425 g/mol. The van der Waals surface area contributed by atoms with E-state index in [9.17, 15) is 9.59 Å². The van der Waals surface area contributed by atoms with Crippen LogP contribution in [0.1, 0.15) is 24.2 Å². The Balaban J connectivity index is 1.90. The van der Waals surface area contributed by atoms with Gasteiger partial charge in [-0.3, -0.25) is 4.79 Å². The van der Waals surface area contributed by atoms with Gasteiger partial charge in [-0.15, -0.1) is 0 Å². The second kappa shape index (κ2) is 11.3. The van der Waals surface area contributed by atoms with E-state index in [1.807, 2.05) is 54.6 Å². The Labute approximate surface area is 188 Å². The van der Waals surface area contributed by atoms with E-state index in [0.717, 1.165) is 10.6 Å². The number of oxime groups is 1. The number of carbonyl (C=O) groups is 2. The Morgan fingerprint density at radius 2 is 1.41 bits per heavy atom. The van der Waals surface area contributed by atoms with E-state index >= 15 is 0 Å². The minimum Gasteiger partial charge on any atom is -0.491 e. The summed E-state index contributed by atoms with van der Waals surface area (Å²) in [7, 11) is -0.849. The normalized spacial score (nSPS) is 12.2. The zero-order chi connectivity index (χ0) is 22.9. The van der Waals surface area contributed by atoms with Gasteiger partial charge in [0.2, 0.25) is 5.78 Å². The Bertz CT molecular complexity index is 1080. The van der Waals surface area contributed by atoms with Crippen LogP contribution in [0.4, 0.5) is 0 Å². The number of hydrogen-bond acceptors (Lipinski definition) is 6. The highest BCUT2D eigenvalue weighted by Gasteiger charge is 2.18. The van der Waals surface area contributed by atoms with Gasteiger partial charge in [0.05, 0.1) is 6.61 Å². The molecule has 0 spiro atoms. The first-order valence-electron chi connectivity index (χ1n) is 10.1. The largest absolute Gasteiger partial charge is 0.491 e. The number of aliphatic hydroxyl groups is 1. The summed E-state index contributed by atoms with van der Waals surface area (Å²) >= 11 is 0. The molecule has 32 heavy (non-hydrogen) atoms. The average molecular weight is 449 g/mol. The maximum absolute atomic E-state index is 12.6. The fourth-order valence-electron chi connectivity index (χ4n) is 3.02. The summed E-state index contributed by atoms with van der Waals surface area (Å²) < 4.78 is 5.48. The second-order valence-electron chi connectivity index (χ2n) is 6.87. The van der Waals surface area contributed by atoms with Crippen molar-refractivity contribution in [1.29, 1.82) is 0 Å². The molecule has 0 saturated carbocycles. The number of carbonyl (C=O) groups excluding carboxylic acids is 2. The standard InChI is InChI=1S/C25H24NO5P/c1-18(26-31-19(2)28)25(29)20-8-12-23(13-9-20)32(22-6-4-3-5-7-22)24-14-10-21(11-15-24)30-17-16-27/h3-15,27H,16-17H2,1-2H3/b26-18+. The van der Waals surface area contributed by atoms with Crippen molar-refractivity contribution in [2.24, 2.45) is 5.16 Å². The van der Waals surface area contributed by atoms with E-state index in [0.29, 0.717) is 11.3 Å². The maximum atomic E-state index is 12.6. The zero-order valence-corrected chi connectivity index (χ0v) is 18.8. The molecule has 6 nitrogen and oxygen atoms in total. The van der Waals surface area contributed by atoms with Gasteiger partial charge < -0.3 is 14.7 Å². The predicted octanol–water partition coefficient (Wildman–Crippen LogP) is 2.94. The molecule has 0 aliphatic carbocycles. The summed E-state index contributed by atoms with van der Waals surface area (Å²) in [5.74, 6) is -0.171. The Morgan fingerprint density at radius 3 is 1.97 bits per heavy atom. The maximum Gasteiger partial charge on any atom is 0.331 e. The lowest BCUT2D eigenvalue weighted by atomic mass is 10.1. The van der Waals surface area contributed by atoms with E-state index in [1.54, 1.807) is 12.1 Å². The number of Topliss-reactive ketones (excluding diaryl/α,β-unsaturated/α-hetero) is 1. The number of nitrogens with zero attached hydrogens (tertiary/aromatic N) is 1. The van der Waals surface area contributed by atoms with Crippen LogP contribution in [0.15, 0.2) is 84.0 Å². The quantitative estimate of drug-likeness (QED) is 0.179. The first-order valence-corrected chi connectivity index (χ1v) is 11.4. The third-order valence-corrected chi connectivity index (χ3v) is 6.94. The van der Waals surface area contributed by atoms with Crippen LogP contribution in [0, 0.1) is 0 Å². The van der Waals surface area contributed by atoms with Crippen LogP contribution < -0.4 is 20.7 Å². The Morgan fingerprint density at radius 1 is 0.844 bits per heavy atom. The van der Waals surface area contributed by atoms with Gasteiger partial charge in [-0.1, -0.05) is 71.9 Å². The fraction of sp³-hybridized carbons (Fsp3) is 0.160. The summed E-state index contributed by atoms with van der Waals surface area (Å²) in [6, 6.07) is 25.5. The molecular formula is C25H24NO5P. The van der Waals surface area contributed by atoms with Crippen molar-refractivity contribution < 1.29 is 24.3 Å². The van der Waals surface area contributed by atoms with Gasteiger partial charge in [0, 0.05) is 12.5 Å². The lowest BCUT2D eigenvalue weighted by Gasteiger charge is -2.20. The lowest BCUT2D eigenvalue weighted by Crippen LogP contribution is -2.21. The number of ether oxygens (including phenoxy) is 1. The first-order chi connectivity index (χ1) is 15.5. The van der Waals surface area contributed by atoms with Crippen molar-refractivity contribution in [3.63, 3.8) is 0 Å². The SMILES string of the molecule is CC(=O)O/N=C(\C)C(=O)c1ccc(P(c2ccccc2)c2ccc(OCCO)cc2)cc1. The second-order valence-corrected chi connectivity index (χ2v) is 9.09. The molecule has 3 rings (SSSR count). The van der Waals surface area contributed by atoms with E-state index in [4.69, 9.17) is 9.84 Å². The van der Waals surface area contributed by atoms with Gasteiger partial charge in [-0.25, -0.2) is 4.79 Å². The third-order valence-electron chi connectivity index (χ3n) is 4.50. The van der Waals surface area contributed by atoms with E-state index < -0.39 is 13.9 Å². The number of hydrogen-bond donors (Lipinski definition) is 1. The number of ketones is 1. The smallest absolute Gasteiger partial charge is 0.331 e. The molecule has 0 radical (unpaired) electrons. The first kappa shape index (κ1) is 23.3. The topological polar surface area (TPSA) is 85.2 Å². The highest BCUT2D eigenvalue weighted by molar-refractivity contribution is 7.79. The molecule has 3 aromatic rings. The Hall–Kier alpha value is -3.34. The minimum absolute atomic E-state index is 0.0331. The highest BCUT2D eigenvalue weighted by atomic mass is 31.1. The molecule has 7 heteroatoms. The minimum atomic E-state index is -0.849. The number of aliphatic hydroxyl groups excluding tert-OH is 1. The van der Waals surface area contributed by atoms with Gasteiger partial charge >= 0.3 is 5.97 Å². The van der Waals surface area contributed by atoms with Crippen LogP contribution in [0.2, 0.25) is 0 Å². The molecule has 164 valence electrons. The van der Waals surface area contributed by atoms with Gasteiger partial charge in [0.1, 0.15) is 18.1 Å². The summed E-state index contributed by atoms with van der Waals surface area (Å²) in [6.07, 6.45) is 0. The lowest BCUT2D eigenvalue weighted by molar-refractivity contribution is -0.140. The molecule has 0 aliphatic heterocycles. The highest BCUT2D eigenvalue weighted by Crippen LogP contribution is 2.33. The van der Waals surface area contributed by atoms with Gasteiger partial charge in [-0.2, -0.15) is 0 Å². The van der Waals surface area contributed by atoms with Crippen LogP contribution in [0.5, 0.6) is 5.75 Å². The molecule has 0 amide bonds. The fourth-order valence-corrected chi connectivity index (χ4v) is 5.28. The van der Waals surface area contributed by atoms with Crippen molar-refractivity contribution >= 4 is 41.3 Å². The molecule has 0 fully saturated rings. The molecule has 3 aromatic carbocycles. The van der Waals surface area contributed by atoms with Crippen LogP contribution in [0.3, 0.4) is 0 Å². The summed E-state index contributed by atoms with van der Waals surface area (Å²) in [4.78, 5) is 28.0. The zero-order valence-electron chi connectivity index (χ0n) is 17.9. The third kappa shape index (κ3) is 6.10. The molecule has 0 bridgehead atoms. The molecule has 0 heterocycles. The van der Waals surface area contributed by atoms with E-state index in [2.05, 4.69) is 22.1 Å². The Kier molecular flexibility index (Phi) is 8.26. The monoisotopic (exact) mass is 449 g/mol. The van der Waals surface area contributed by atoms with E-state index in [-0.39, 0.29) is 24.7 Å². The van der Waals surface area contributed by atoms with Gasteiger partial charge in [0.25, 0.3) is 0 Å². The average Bonchev–Trinajstić information content (AvgIpc) is 2.83. The van der Waals surface area contributed by atoms with Crippen molar-refractivity contribution in [3.8, 4) is 5.75 Å². The van der Waals surface area contributed by atoms with Crippen molar-refractivity contribution in [2.45, 2.75) is 13.8 Å². The number of benzene rings is 3. The van der Waals surface area contributed by atoms with Gasteiger partial charge in [-0.05, 0) is 42.9 Å². The van der Waals surface area contributed by atoms with Crippen LogP contribution >= 0.6 is 7.92 Å². The van der Waals surface area contributed by atoms with Crippen molar-refractivity contribution in [1.82, 2.24) is 0 Å². The van der Waals surface area contributed by atoms with Crippen molar-refractivity contribution in [2.75, 3.05) is 13.2 Å². The van der Waals surface area contributed by atoms with E-state index in [1.165, 1.54) is 19.2 Å². The molecule has 0 aromatic heterocycles. The van der Waals surface area contributed by atoms with Gasteiger partial charge in [0.15, 0.2) is 0 Å². The number of rotatable bonds is 9. The van der Waals surface area contributed by atoms with Crippen molar-refractivity contribution in [3.05, 3.63) is 84.4 Å². The molecule has 1 N–H and O–H groups in total. The molecule has 0 aliphatic rings. The summed E-state index contributed by atoms with van der Waals surface area (Å²) in [6.45, 7) is 2.96. The molecule has 1 atom stereocenters. The predicted molar refractivity (Wildman–Crippen MR) is 127 cm³/mol.